The van der Waals surface area contributed by atoms with Crippen molar-refractivity contribution in [3.63, 3.8) is 0 Å². The third-order valence-corrected chi connectivity index (χ3v) is 2.41. The second-order valence-electron chi connectivity index (χ2n) is 3.43. The number of hydrogen-bond donors (Lipinski definition) is 1. The summed E-state index contributed by atoms with van der Waals surface area (Å²) in [5.74, 6) is -1.30. The molecule has 0 bridgehead atoms. The molecule has 2 atom stereocenters. The second kappa shape index (κ2) is 4.87. The first kappa shape index (κ1) is 13.0. The van der Waals surface area contributed by atoms with Crippen LogP contribution in [0.2, 0.25) is 0 Å². The molecule has 2 unspecified atom stereocenters. The predicted octanol–water partition coefficient (Wildman–Crippen LogP) is -3.47. The molecular formula is C10H9FLiNO3. The van der Waals surface area contributed by atoms with Gasteiger partial charge in [0, 0.05) is 5.69 Å². The van der Waals surface area contributed by atoms with Crippen LogP contribution in [-0.2, 0) is 0 Å². The second-order valence-corrected chi connectivity index (χ2v) is 3.43. The van der Waals surface area contributed by atoms with Crippen LogP contribution in [0.5, 0.6) is 0 Å². The number of halogens is 1. The maximum atomic E-state index is 13.1. The van der Waals surface area contributed by atoms with Crippen LogP contribution in [0.4, 0.5) is 10.1 Å². The minimum atomic E-state index is -1.46. The summed E-state index contributed by atoms with van der Waals surface area (Å²) in [5.41, 5.74) is 0.440. The van der Waals surface area contributed by atoms with E-state index < -0.39 is 18.4 Å². The largest absolute Gasteiger partial charge is 1.00 e. The number of aliphatic hydroxyl groups is 1. The number of β-amino-alcohol motifs (C(OH)–C–C–N with tert-alkyl or cyclic N) is 1. The molecule has 0 radical (unpaired) electrons. The van der Waals surface area contributed by atoms with Crippen LogP contribution in [0.3, 0.4) is 0 Å². The van der Waals surface area contributed by atoms with E-state index in [1.54, 1.807) is 6.07 Å². The van der Waals surface area contributed by atoms with Crippen molar-refractivity contribution in [1.82, 2.24) is 0 Å². The number of carbonyl (C=O) groups excluding carboxylic acids is 1. The molecule has 0 aromatic heterocycles. The Balaban J connectivity index is 0.00000128. The molecule has 16 heavy (non-hydrogen) atoms. The van der Waals surface area contributed by atoms with Crippen LogP contribution >= 0.6 is 0 Å². The Morgan fingerprint density at radius 1 is 1.56 bits per heavy atom. The van der Waals surface area contributed by atoms with Crippen LogP contribution in [0.25, 0.3) is 0 Å². The van der Waals surface area contributed by atoms with Gasteiger partial charge in [-0.2, -0.15) is 0 Å². The Bertz CT molecular complexity index is 401. The predicted molar refractivity (Wildman–Crippen MR) is 49.0 cm³/mol. The van der Waals surface area contributed by atoms with Crippen LogP contribution in [0.1, 0.15) is 10.4 Å². The summed E-state index contributed by atoms with van der Waals surface area (Å²) in [6.07, 6.45) is -2.45. The first-order valence-electron chi connectivity index (χ1n) is 4.50. The molecule has 0 aliphatic carbocycles. The molecule has 0 spiro atoms. The minimum Gasteiger partial charge on any atom is -0.545 e. The monoisotopic (exact) mass is 217 g/mol. The molecule has 2 rings (SSSR count). The number of alkyl halides is 1. The zero-order valence-corrected chi connectivity index (χ0v) is 8.76. The number of carbonyl (C=O) groups is 1. The summed E-state index contributed by atoms with van der Waals surface area (Å²) in [7, 11) is 0. The van der Waals surface area contributed by atoms with Crippen molar-refractivity contribution in [3.8, 4) is 0 Å². The average molecular weight is 217 g/mol. The van der Waals surface area contributed by atoms with E-state index in [1.807, 2.05) is 0 Å². The third-order valence-electron chi connectivity index (χ3n) is 2.41. The van der Waals surface area contributed by atoms with Crippen molar-refractivity contribution in [2.24, 2.45) is 0 Å². The molecule has 1 fully saturated rings. The maximum Gasteiger partial charge on any atom is 1.00 e. The Morgan fingerprint density at radius 2 is 2.25 bits per heavy atom. The molecule has 1 aliphatic rings. The third kappa shape index (κ3) is 2.22. The van der Waals surface area contributed by atoms with E-state index in [-0.39, 0.29) is 31.0 Å². The zero-order valence-electron chi connectivity index (χ0n) is 8.76. The van der Waals surface area contributed by atoms with Gasteiger partial charge in [-0.3, -0.25) is 0 Å². The van der Waals surface area contributed by atoms with Gasteiger partial charge in [-0.05, 0) is 17.7 Å². The molecule has 80 valence electrons. The van der Waals surface area contributed by atoms with E-state index in [0.29, 0.717) is 5.69 Å². The van der Waals surface area contributed by atoms with Crippen molar-refractivity contribution in [2.75, 3.05) is 11.4 Å². The normalized spacial score (nSPS) is 23.2. The van der Waals surface area contributed by atoms with Crippen molar-refractivity contribution in [2.45, 2.75) is 12.4 Å². The first-order chi connectivity index (χ1) is 7.09. The van der Waals surface area contributed by atoms with Gasteiger partial charge in [-0.25, -0.2) is 4.39 Å². The molecule has 1 N–H and O–H groups in total. The van der Waals surface area contributed by atoms with Crippen LogP contribution < -0.4 is 28.9 Å². The number of rotatable bonds is 2. The molecule has 1 aliphatic heterocycles. The van der Waals surface area contributed by atoms with Gasteiger partial charge in [0.15, 0.2) is 6.30 Å². The standard InChI is InChI=1S/C10H10FNO3.Li/c11-9-8(13)5-12(9)7-3-1-2-6(4-7)10(14)15;/h1-4,8-9,13H,5H2,(H,14,15);/q;+1/p-1. The fraction of sp³-hybridized carbons (Fsp3) is 0.300. The fourth-order valence-corrected chi connectivity index (χ4v) is 1.52. The van der Waals surface area contributed by atoms with E-state index in [0.717, 1.165) is 0 Å². The van der Waals surface area contributed by atoms with Gasteiger partial charge < -0.3 is 19.9 Å². The number of hydrogen-bond acceptors (Lipinski definition) is 4. The number of nitrogens with zero attached hydrogens (tertiary/aromatic N) is 1. The van der Waals surface area contributed by atoms with Crippen molar-refractivity contribution in [3.05, 3.63) is 29.8 Å². The van der Waals surface area contributed by atoms with Crippen LogP contribution in [-0.4, -0.2) is 30.0 Å². The van der Waals surface area contributed by atoms with Crippen molar-refractivity contribution in [1.29, 1.82) is 0 Å². The number of benzene rings is 1. The quantitative estimate of drug-likeness (QED) is 0.413. The van der Waals surface area contributed by atoms with Crippen LogP contribution in [0.15, 0.2) is 24.3 Å². The van der Waals surface area contributed by atoms with Crippen molar-refractivity contribution < 1.29 is 38.3 Å². The molecule has 6 heteroatoms. The average Bonchev–Trinajstić information content (AvgIpc) is 2.25. The maximum absolute atomic E-state index is 13.1. The summed E-state index contributed by atoms with van der Waals surface area (Å²) < 4.78 is 13.1. The minimum absolute atomic E-state index is 0. The summed E-state index contributed by atoms with van der Waals surface area (Å²) >= 11 is 0. The van der Waals surface area contributed by atoms with Gasteiger partial charge in [-0.1, -0.05) is 12.1 Å². The number of anilines is 1. The first-order valence-corrected chi connectivity index (χ1v) is 4.50. The smallest absolute Gasteiger partial charge is 0.545 e. The van der Waals surface area contributed by atoms with E-state index in [2.05, 4.69) is 0 Å². The summed E-state index contributed by atoms with van der Waals surface area (Å²) in [4.78, 5) is 11.8. The van der Waals surface area contributed by atoms with E-state index in [9.17, 15) is 14.3 Å². The molecule has 0 amide bonds. The molecule has 4 nitrogen and oxygen atoms in total. The van der Waals surface area contributed by atoms with Gasteiger partial charge in [0.05, 0.1) is 12.5 Å². The van der Waals surface area contributed by atoms with Gasteiger partial charge in [0.25, 0.3) is 0 Å². The topological polar surface area (TPSA) is 63.6 Å². The summed E-state index contributed by atoms with van der Waals surface area (Å²) in [6, 6.07) is 5.80. The number of carboxylic acids is 1. The van der Waals surface area contributed by atoms with Crippen LogP contribution in [0, 0.1) is 0 Å². The summed E-state index contributed by atoms with van der Waals surface area (Å²) in [5, 5.41) is 19.5. The zero-order chi connectivity index (χ0) is 11.0. The van der Waals surface area contributed by atoms with E-state index in [4.69, 9.17) is 5.11 Å². The molecule has 1 aromatic rings. The Labute approximate surface area is 104 Å². The number of aromatic carboxylic acids is 1. The molecule has 1 saturated heterocycles. The van der Waals surface area contributed by atoms with Gasteiger partial charge in [-0.15, -0.1) is 0 Å². The van der Waals surface area contributed by atoms with Gasteiger partial charge in [0.2, 0.25) is 0 Å². The van der Waals surface area contributed by atoms with E-state index in [1.165, 1.54) is 23.1 Å². The summed E-state index contributed by atoms with van der Waals surface area (Å²) in [6.45, 7) is 0.178. The Hall–Kier alpha value is -1.02. The van der Waals surface area contributed by atoms with Crippen molar-refractivity contribution >= 4 is 11.7 Å². The molecule has 0 saturated carbocycles. The van der Waals surface area contributed by atoms with E-state index >= 15 is 0 Å². The number of carboxylic acid groups (broad SMARTS) is 1. The Morgan fingerprint density at radius 3 is 2.75 bits per heavy atom. The SMILES string of the molecule is O=C([O-])c1cccc(N2CC(O)C2F)c1.[Li+]. The molecular weight excluding hydrogens is 208 g/mol. The van der Waals surface area contributed by atoms with Gasteiger partial charge in [0.1, 0.15) is 6.10 Å². The number of aliphatic hydroxyl groups excluding tert-OH is 1. The molecule has 1 heterocycles. The molecule has 1 aromatic carbocycles. The Kier molecular flexibility index (Phi) is 3.97. The fourth-order valence-electron chi connectivity index (χ4n) is 1.52. The van der Waals surface area contributed by atoms with Gasteiger partial charge >= 0.3 is 18.9 Å².